The number of anilines is 3. The lowest BCUT2D eigenvalue weighted by Gasteiger charge is -2.43. The Labute approximate surface area is 316 Å². The highest BCUT2D eigenvalue weighted by atomic mass is 16.5. The molecule has 0 unspecified atom stereocenters. The van der Waals surface area contributed by atoms with Crippen LogP contribution in [-0.2, 0) is 26.5 Å². The van der Waals surface area contributed by atoms with Crippen molar-refractivity contribution in [3.05, 3.63) is 141 Å². The predicted molar refractivity (Wildman–Crippen MR) is 218 cm³/mol. The summed E-state index contributed by atoms with van der Waals surface area (Å²) in [5.41, 5.74) is 13.5. The minimum absolute atomic E-state index is 0.00843. The highest BCUT2D eigenvalue weighted by molar-refractivity contribution is 5.98. The van der Waals surface area contributed by atoms with Gasteiger partial charge in [0, 0.05) is 28.8 Å². The normalized spacial score (nSPS) is 20.8. The van der Waals surface area contributed by atoms with Gasteiger partial charge in [0.2, 0.25) is 5.90 Å². The van der Waals surface area contributed by atoms with E-state index < -0.39 is 5.54 Å². The van der Waals surface area contributed by atoms with E-state index in [4.69, 9.17) is 19.5 Å². The maximum atomic E-state index is 6.85. The SMILES string of the molecule is Cc1cc(Oc2cc(C3=N[C@]4(C)c5ccc(C)cc5C(C)(C)C[C@@H]4O3)c(C)cc2C)cc(N2c3ccc(C(C)(C)C)cc3C(C)(C)c3cccnc32)c1. The van der Waals surface area contributed by atoms with E-state index in [-0.39, 0.29) is 22.3 Å². The number of benzene rings is 4. The van der Waals surface area contributed by atoms with Crippen LogP contribution < -0.4 is 9.64 Å². The smallest absolute Gasteiger partial charge is 0.217 e. The van der Waals surface area contributed by atoms with Crippen LogP contribution >= 0.6 is 0 Å². The second-order valence-electron chi connectivity index (χ2n) is 18.2. The van der Waals surface area contributed by atoms with Crippen molar-refractivity contribution in [3.63, 3.8) is 0 Å². The van der Waals surface area contributed by atoms with E-state index >= 15 is 0 Å². The highest BCUT2D eigenvalue weighted by Gasteiger charge is 2.52. The third-order valence-corrected chi connectivity index (χ3v) is 12.1. The molecule has 1 aliphatic carbocycles. The third kappa shape index (κ3) is 5.66. The van der Waals surface area contributed by atoms with Crippen molar-refractivity contribution in [2.45, 2.75) is 117 Å². The van der Waals surface area contributed by atoms with Crippen LogP contribution in [0.5, 0.6) is 11.5 Å². The van der Waals surface area contributed by atoms with Crippen molar-refractivity contribution >= 4 is 23.1 Å². The van der Waals surface area contributed by atoms with Gasteiger partial charge in [0.25, 0.3) is 0 Å². The Morgan fingerprint density at radius 3 is 2.28 bits per heavy atom. The van der Waals surface area contributed by atoms with Crippen molar-refractivity contribution in [1.82, 2.24) is 4.98 Å². The maximum Gasteiger partial charge on any atom is 0.217 e. The second-order valence-corrected chi connectivity index (χ2v) is 18.2. The first-order valence-electron chi connectivity index (χ1n) is 19.1. The fourth-order valence-corrected chi connectivity index (χ4v) is 8.89. The zero-order valence-corrected chi connectivity index (χ0v) is 33.5. The van der Waals surface area contributed by atoms with Gasteiger partial charge in [-0.3, -0.25) is 4.90 Å². The Morgan fingerprint density at radius 2 is 1.53 bits per heavy atom. The van der Waals surface area contributed by atoms with E-state index in [9.17, 15) is 0 Å². The first kappa shape index (κ1) is 35.1. The summed E-state index contributed by atoms with van der Waals surface area (Å²) in [6.45, 7) is 26.9. The predicted octanol–water partition coefficient (Wildman–Crippen LogP) is 12.3. The minimum Gasteiger partial charge on any atom is -0.471 e. The van der Waals surface area contributed by atoms with Crippen LogP contribution in [0.25, 0.3) is 0 Å². The molecule has 0 N–H and O–H groups in total. The molecule has 3 aliphatic rings. The molecule has 2 atom stereocenters. The summed E-state index contributed by atoms with van der Waals surface area (Å²) >= 11 is 0. The molecule has 5 aromatic rings. The molecule has 0 radical (unpaired) electrons. The van der Waals surface area contributed by atoms with Crippen LogP contribution in [0.4, 0.5) is 17.2 Å². The minimum atomic E-state index is -0.449. The number of rotatable bonds is 4. The van der Waals surface area contributed by atoms with E-state index in [1.54, 1.807) is 0 Å². The van der Waals surface area contributed by atoms with E-state index in [0.717, 1.165) is 57.4 Å². The zero-order valence-electron chi connectivity index (χ0n) is 33.5. The summed E-state index contributed by atoms with van der Waals surface area (Å²) in [4.78, 5) is 12.7. The van der Waals surface area contributed by atoms with Crippen LogP contribution in [-0.4, -0.2) is 17.0 Å². The molecule has 3 heterocycles. The van der Waals surface area contributed by atoms with Gasteiger partial charge in [0.05, 0.1) is 11.4 Å². The average Bonchev–Trinajstić information content (AvgIpc) is 3.41. The number of ether oxygens (including phenoxy) is 2. The van der Waals surface area contributed by atoms with E-state index in [1.807, 2.05) is 12.3 Å². The molecular weight excluding hydrogens is 651 g/mol. The summed E-state index contributed by atoms with van der Waals surface area (Å²) in [6.07, 6.45) is 2.76. The Morgan fingerprint density at radius 1 is 0.755 bits per heavy atom. The summed E-state index contributed by atoms with van der Waals surface area (Å²) in [5.74, 6) is 3.20. The van der Waals surface area contributed by atoms with Crippen LogP contribution in [0.3, 0.4) is 0 Å². The van der Waals surface area contributed by atoms with Gasteiger partial charge in [-0.15, -0.1) is 0 Å². The first-order valence-corrected chi connectivity index (χ1v) is 19.1. The molecule has 5 heteroatoms. The molecule has 0 bridgehead atoms. The molecule has 53 heavy (non-hydrogen) atoms. The number of fused-ring (bicyclic) bond motifs is 5. The molecule has 0 saturated heterocycles. The lowest BCUT2D eigenvalue weighted by atomic mass is 9.64. The molecule has 272 valence electrons. The first-order chi connectivity index (χ1) is 24.9. The van der Waals surface area contributed by atoms with Gasteiger partial charge in [0.1, 0.15) is 29.0 Å². The molecule has 1 aromatic heterocycles. The number of nitrogens with zero attached hydrogens (tertiary/aromatic N) is 3. The Balaban J connectivity index is 1.18. The van der Waals surface area contributed by atoms with Gasteiger partial charge in [-0.1, -0.05) is 96.5 Å². The topological polar surface area (TPSA) is 47.0 Å². The van der Waals surface area contributed by atoms with Crippen LogP contribution in [0, 0.1) is 27.7 Å². The number of aliphatic imine (C=N–C) groups is 1. The van der Waals surface area contributed by atoms with Crippen molar-refractivity contribution in [2.75, 3.05) is 4.90 Å². The highest BCUT2D eigenvalue weighted by Crippen LogP contribution is 2.53. The molecule has 0 spiro atoms. The van der Waals surface area contributed by atoms with Crippen LogP contribution in [0.2, 0.25) is 0 Å². The van der Waals surface area contributed by atoms with Gasteiger partial charge in [-0.25, -0.2) is 9.98 Å². The molecule has 0 saturated carbocycles. The Bertz CT molecular complexity index is 2340. The maximum absolute atomic E-state index is 6.85. The average molecular weight is 704 g/mol. The fraction of sp³-hybridized carbons (Fsp3) is 0.375. The van der Waals surface area contributed by atoms with E-state index in [0.29, 0.717) is 5.90 Å². The van der Waals surface area contributed by atoms with Crippen molar-refractivity contribution in [3.8, 4) is 11.5 Å². The van der Waals surface area contributed by atoms with Crippen LogP contribution in [0.15, 0.2) is 90.1 Å². The number of aryl methyl sites for hydroxylation is 4. The van der Waals surface area contributed by atoms with Crippen molar-refractivity contribution in [1.29, 1.82) is 0 Å². The van der Waals surface area contributed by atoms with Gasteiger partial charge >= 0.3 is 0 Å². The second kappa shape index (κ2) is 11.8. The lowest BCUT2D eigenvalue weighted by molar-refractivity contribution is 0.0971. The molecule has 0 amide bonds. The fourth-order valence-electron chi connectivity index (χ4n) is 8.89. The van der Waals surface area contributed by atoms with Crippen molar-refractivity contribution < 1.29 is 9.47 Å². The van der Waals surface area contributed by atoms with Crippen molar-refractivity contribution in [2.24, 2.45) is 4.99 Å². The molecule has 4 aromatic carbocycles. The largest absolute Gasteiger partial charge is 0.471 e. The zero-order chi connectivity index (χ0) is 37.8. The van der Waals surface area contributed by atoms with Gasteiger partial charge < -0.3 is 9.47 Å². The number of pyridine rings is 1. The molecule has 2 aliphatic heterocycles. The number of hydrogen-bond acceptors (Lipinski definition) is 5. The quantitative estimate of drug-likeness (QED) is 0.187. The summed E-state index contributed by atoms with van der Waals surface area (Å²) in [7, 11) is 0. The van der Waals surface area contributed by atoms with Crippen LogP contribution in [0.1, 0.15) is 117 Å². The molecule has 5 nitrogen and oxygen atoms in total. The lowest BCUT2D eigenvalue weighted by Crippen LogP contribution is -2.44. The number of hydrogen-bond donors (Lipinski definition) is 0. The van der Waals surface area contributed by atoms with E-state index in [1.165, 1.54) is 33.4 Å². The summed E-state index contributed by atoms with van der Waals surface area (Å²) < 4.78 is 13.7. The van der Waals surface area contributed by atoms with Gasteiger partial charge in [0.15, 0.2) is 0 Å². The number of aromatic nitrogens is 1. The Kier molecular flexibility index (Phi) is 7.83. The molecular formula is C48H53N3O2. The van der Waals surface area contributed by atoms with E-state index in [2.05, 4.69) is 161 Å². The standard InChI is InChI=1S/C48H53N3O2/c1-28-15-17-36-38(22-28)46(8,9)27-42-48(36,12)50-44(53-42)35-26-41(31(4)23-30(35)3)52-34-21-29(2)20-33(25-34)51-40-18-16-32(45(5,6)7)24-39(40)47(10,11)37-14-13-19-49-43(37)51/h13-26,42H,27H2,1-12H3/t42-,48+/m0/s1. The summed E-state index contributed by atoms with van der Waals surface area (Å²) in [5, 5.41) is 0. The Hall–Kier alpha value is -4.90. The monoisotopic (exact) mass is 703 g/mol. The molecule has 8 rings (SSSR count). The van der Waals surface area contributed by atoms with Gasteiger partial charge in [-0.05, 0) is 121 Å². The third-order valence-electron chi connectivity index (χ3n) is 12.1. The summed E-state index contributed by atoms with van der Waals surface area (Å²) in [6, 6.07) is 28.8. The van der Waals surface area contributed by atoms with Gasteiger partial charge in [-0.2, -0.15) is 0 Å². The molecule has 0 fully saturated rings.